The van der Waals surface area contributed by atoms with E-state index in [1.807, 2.05) is 18.2 Å². The third-order valence-electron chi connectivity index (χ3n) is 3.07. The molecule has 88 valence electrons. The minimum atomic E-state index is 0.649. The number of hydrogen-bond acceptors (Lipinski definition) is 1. The first-order valence-corrected chi connectivity index (χ1v) is 6.96. The molecule has 1 unspecified atom stereocenters. The molecule has 0 radical (unpaired) electrons. The van der Waals surface area contributed by atoms with E-state index in [2.05, 4.69) is 15.9 Å². The molecule has 1 aliphatic carbocycles. The smallest absolute Gasteiger partial charge is 0.122 e. The molecule has 0 aromatic heterocycles. The van der Waals surface area contributed by atoms with E-state index >= 15 is 0 Å². The van der Waals surface area contributed by atoms with Crippen LogP contribution in [-0.2, 0) is 6.42 Å². The molecule has 3 heteroatoms. The topological polar surface area (TPSA) is 9.23 Å². The van der Waals surface area contributed by atoms with Crippen LogP contribution < -0.4 is 4.74 Å². The second kappa shape index (κ2) is 5.42. The van der Waals surface area contributed by atoms with Crippen LogP contribution >= 0.6 is 27.5 Å². The van der Waals surface area contributed by atoms with Gasteiger partial charge in [0.05, 0.1) is 7.11 Å². The molecule has 0 heterocycles. The number of methoxy groups -OCH3 is 1. The van der Waals surface area contributed by atoms with Gasteiger partial charge in [0.15, 0.2) is 0 Å². The van der Waals surface area contributed by atoms with Gasteiger partial charge in [0.2, 0.25) is 0 Å². The van der Waals surface area contributed by atoms with Gasteiger partial charge < -0.3 is 4.74 Å². The molecule has 2 rings (SSSR count). The fraction of sp³-hybridized carbons (Fsp3) is 0.538. The summed E-state index contributed by atoms with van der Waals surface area (Å²) in [6.07, 6.45) is 4.93. The van der Waals surface area contributed by atoms with Crippen LogP contribution in [0.4, 0.5) is 0 Å². The highest BCUT2D eigenvalue weighted by Crippen LogP contribution is 2.39. The summed E-state index contributed by atoms with van der Waals surface area (Å²) in [5.41, 5.74) is 1.21. The van der Waals surface area contributed by atoms with Crippen molar-refractivity contribution in [3.63, 3.8) is 0 Å². The summed E-state index contributed by atoms with van der Waals surface area (Å²) in [7, 11) is 1.71. The number of rotatable bonds is 5. The normalized spacial score (nSPS) is 17.2. The van der Waals surface area contributed by atoms with Crippen molar-refractivity contribution in [3.05, 3.63) is 28.8 Å². The maximum absolute atomic E-state index is 6.00. The Labute approximate surface area is 110 Å². The van der Waals surface area contributed by atoms with Crippen molar-refractivity contribution in [3.8, 4) is 5.75 Å². The van der Waals surface area contributed by atoms with Crippen LogP contribution in [0.3, 0.4) is 0 Å². The molecule has 0 spiro atoms. The number of alkyl halides is 1. The number of hydrogen-bond donors (Lipinski definition) is 0. The largest absolute Gasteiger partial charge is 0.496 e. The van der Waals surface area contributed by atoms with Gasteiger partial charge in [-0.2, -0.15) is 0 Å². The standard InChI is InChI=1S/C13H16BrClO/c1-16-13-7-5-11(15)8-10(13)4-6-12(14)9-2-3-9/h5,7-9,12H,2-4,6H2,1H3. The molecule has 1 aromatic carbocycles. The SMILES string of the molecule is COc1ccc(Cl)cc1CCC(Br)C1CC1. The van der Waals surface area contributed by atoms with Gasteiger partial charge in [-0.3, -0.25) is 0 Å². The molecule has 1 atom stereocenters. The van der Waals surface area contributed by atoms with Crippen LogP contribution in [0.25, 0.3) is 0 Å². The van der Waals surface area contributed by atoms with Gasteiger partial charge in [0.25, 0.3) is 0 Å². The van der Waals surface area contributed by atoms with Crippen LogP contribution in [0.5, 0.6) is 5.75 Å². The van der Waals surface area contributed by atoms with E-state index in [4.69, 9.17) is 16.3 Å². The summed E-state index contributed by atoms with van der Waals surface area (Å²) in [4.78, 5) is 0.649. The minimum Gasteiger partial charge on any atom is -0.496 e. The Kier molecular flexibility index (Phi) is 4.15. The summed E-state index contributed by atoms with van der Waals surface area (Å²) < 4.78 is 5.33. The Balaban J connectivity index is 1.98. The van der Waals surface area contributed by atoms with Crippen molar-refractivity contribution in [1.29, 1.82) is 0 Å². The lowest BCUT2D eigenvalue weighted by atomic mass is 10.1. The lowest BCUT2D eigenvalue weighted by Gasteiger charge is -2.11. The van der Waals surface area contributed by atoms with E-state index in [1.165, 1.54) is 18.4 Å². The molecule has 0 N–H and O–H groups in total. The van der Waals surface area contributed by atoms with Crippen LogP contribution in [-0.4, -0.2) is 11.9 Å². The van der Waals surface area contributed by atoms with Crippen molar-refractivity contribution >= 4 is 27.5 Å². The molecule has 16 heavy (non-hydrogen) atoms. The van der Waals surface area contributed by atoms with E-state index in [0.29, 0.717) is 4.83 Å². The first-order chi connectivity index (χ1) is 7.70. The first-order valence-electron chi connectivity index (χ1n) is 5.67. The number of aryl methyl sites for hydroxylation is 1. The van der Waals surface area contributed by atoms with Crippen molar-refractivity contribution < 1.29 is 4.74 Å². The Bertz CT molecular complexity index is 363. The van der Waals surface area contributed by atoms with E-state index in [1.54, 1.807) is 7.11 Å². The molecular weight excluding hydrogens is 287 g/mol. The summed E-state index contributed by atoms with van der Waals surface area (Å²) in [5, 5.41) is 0.786. The van der Waals surface area contributed by atoms with Gasteiger partial charge in [0.1, 0.15) is 5.75 Å². The molecule has 1 saturated carbocycles. The zero-order valence-electron chi connectivity index (χ0n) is 9.38. The molecule has 1 aromatic rings. The number of halogens is 2. The Hall–Kier alpha value is -0.210. The van der Waals surface area contributed by atoms with Gasteiger partial charge in [-0.15, -0.1) is 0 Å². The average Bonchev–Trinajstić information content (AvgIpc) is 3.10. The van der Waals surface area contributed by atoms with E-state index in [0.717, 1.165) is 29.5 Å². The Morgan fingerprint density at radius 3 is 2.88 bits per heavy atom. The molecule has 0 aliphatic heterocycles. The summed E-state index contributed by atoms with van der Waals surface area (Å²) in [6, 6.07) is 5.82. The second-order valence-electron chi connectivity index (χ2n) is 4.35. The Morgan fingerprint density at radius 1 is 1.50 bits per heavy atom. The average molecular weight is 304 g/mol. The molecule has 1 nitrogen and oxygen atoms in total. The van der Waals surface area contributed by atoms with Gasteiger partial charge in [-0.05, 0) is 55.4 Å². The minimum absolute atomic E-state index is 0.649. The summed E-state index contributed by atoms with van der Waals surface area (Å²) >= 11 is 9.75. The molecule has 1 aliphatic rings. The van der Waals surface area contributed by atoms with Gasteiger partial charge in [-0.25, -0.2) is 0 Å². The number of ether oxygens (including phenoxy) is 1. The third kappa shape index (κ3) is 3.14. The highest BCUT2D eigenvalue weighted by molar-refractivity contribution is 9.09. The molecule has 0 bridgehead atoms. The van der Waals surface area contributed by atoms with E-state index in [-0.39, 0.29) is 0 Å². The van der Waals surface area contributed by atoms with Crippen molar-refractivity contribution in [1.82, 2.24) is 0 Å². The van der Waals surface area contributed by atoms with Gasteiger partial charge >= 0.3 is 0 Å². The zero-order valence-corrected chi connectivity index (χ0v) is 11.7. The molecular formula is C13H16BrClO. The molecule has 1 fully saturated rings. The van der Waals surface area contributed by atoms with Crippen LogP contribution in [0.1, 0.15) is 24.8 Å². The molecule has 0 amide bonds. The van der Waals surface area contributed by atoms with Gasteiger partial charge in [0, 0.05) is 9.85 Å². The second-order valence-corrected chi connectivity index (χ2v) is 5.96. The predicted molar refractivity (Wildman–Crippen MR) is 71.8 cm³/mol. The van der Waals surface area contributed by atoms with Crippen molar-refractivity contribution in [2.45, 2.75) is 30.5 Å². The van der Waals surface area contributed by atoms with Crippen molar-refractivity contribution in [2.75, 3.05) is 7.11 Å². The Morgan fingerprint density at radius 2 is 2.25 bits per heavy atom. The zero-order chi connectivity index (χ0) is 11.5. The fourth-order valence-corrected chi connectivity index (χ4v) is 2.88. The highest BCUT2D eigenvalue weighted by Gasteiger charge is 2.28. The van der Waals surface area contributed by atoms with Crippen LogP contribution in [0.15, 0.2) is 18.2 Å². The lowest BCUT2D eigenvalue weighted by molar-refractivity contribution is 0.409. The van der Waals surface area contributed by atoms with Gasteiger partial charge in [-0.1, -0.05) is 27.5 Å². The van der Waals surface area contributed by atoms with E-state index < -0.39 is 0 Å². The third-order valence-corrected chi connectivity index (χ3v) is 4.51. The van der Waals surface area contributed by atoms with Crippen LogP contribution in [0.2, 0.25) is 5.02 Å². The lowest BCUT2D eigenvalue weighted by Crippen LogP contribution is -2.03. The monoisotopic (exact) mass is 302 g/mol. The maximum Gasteiger partial charge on any atom is 0.122 e. The predicted octanol–water partition coefficient (Wildman–Crippen LogP) is 4.45. The number of benzene rings is 1. The first kappa shape index (κ1) is 12.3. The fourth-order valence-electron chi connectivity index (χ4n) is 1.93. The van der Waals surface area contributed by atoms with Crippen molar-refractivity contribution in [2.24, 2.45) is 5.92 Å². The molecule has 0 saturated heterocycles. The summed E-state index contributed by atoms with van der Waals surface area (Å²) in [5.74, 6) is 1.84. The quantitative estimate of drug-likeness (QED) is 0.730. The highest BCUT2D eigenvalue weighted by atomic mass is 79.9. The summed E-state index contributed by atoms with van der Waals surface area (Å²) in [6.45, 7) is 0. The van der Waals surface area contributed by atoms with Crippen LogP contribution in [0, 0.1) is 5.92 Å². The van der Waals surface area contributed by atoms with E-state index in [9.17, 15) is 0 Å². The maximum atomic E-state index is 6.00.